The summed E-state index contributed by atoms with van der Waals surface area (Å²) in [6, 6.07) is 0.696. The molecule has 1 N–H and O–H groups in total. The molecule has 132 valence electrons. The van der Waals surface area contributed by atoms with Crippen molar-refractivity contribution in [3.63, 3.8) is 0 Å². The van der Waals surface area contributed by atoms with E-state index in [4.69, 9.17) is 4.74 Å². The van der Waals surface area contributed by atoms with E-state index in [2.05, 4.69) is 5.32 Å². The van der Waals surface area contributed by atoms with E-state index in [0.717, 1.165) is 24.2 Å². The van der Waals surface area contributed by atoms with Crippen LogP contribution in [0.3, 0.4) is 0 Å². The van der Waals surface area contributed by atoms with E-state index >= 15 is 0 Å². The summed E-state index contributed by atoms with van der Waals surface area (Å²) in [6.07, 6.45) is 2.01. The van der Waals surface area contributed by atoms with Gasteiger partial charge in [0.2, 0.25) is 10.0 Å². The second-order valence-electron chi connectivity index (χ2n) is 6.64. The van der Waals surface area contributed by atoms with E-state index in [-0.39, 0.29) is 9.77 Å². The lowest BCUT2D eigenvalue weighted by Crippen LogP contribution is -2.39. The summed E-state index contributed by atoms with van der Waals surface area (Å²) in [5, 5.41) is 4.18. The maximum Gasteiger partial charge on any atom is 0.329 e. The number of nitrogens with one attached hydrogen (secondary N) is 1. The average molecular weight is 372 g/mol. The van der Waals surface area contributed by atoms with Gasteiger partial charge in [0.15, 0.2) is 0 Å². The van der Waals surface area contributed by atoms with Crippen LogP contribution in [0.5, 0.6) is 0 Å². The highest BCUT2D eigenvalue weighted by molar-refractivity contribution is 7.89. The Bertz CT molecular complexity index is 763. The van der Waals surface area contributed by atoms with Crippen molar-refractivity contribution in [1.82, 2.24) is 9.62 Å². The van der Waals surface area contributed by atoms with Gasteiger partial charge < -0.3 is 10.1 Å². The van der Waals surface area contributed by atoms with Crippen LogP contribution >= 0.6 is 11.3 Å². The first kappa shape index (κ1) is 17.4. The van der Waals surface area contributed by atoms with Crippen LogP contribution in [0.2, 0.25) is 0 Å². The molecular weight excluding hydrogens is 352 g/mol. The number of nitrogens with zero attached hydrogens (tertiary/aromatic N) is 1. The van der Waals surface area contributed by atoms with Crippen LogP contribution in [0, 0.1) is 0 Å². The molecule has 9 heteroatoms. The molecule has 0 saturated carbocycles. The molecule has 3 heterocycles. The Morgan fingerprint density at radius 1 is 1.38 bits per heavy atom. The van der Waals surface area contributed by atoms with Crippen LogP contribution in [0.1, 0.15) is 42.8 Å². The van der Waals surface area contributed by atoms with Gasteiger partial charge in [-0.05, 0) is 38.1 Å². The van der Waals surface area contributed by atoms with Crippen LogP contribution < -0.4 is 5.32 Å². The van der Waals surface area contributed by atoms with Crippen LogP contribution in [0.15, 0.2) is 16.3 Å². The number of amides is 1. The molecule has 3 rings (SSSR count). The van der Waals surface area contributed by atoms with Crippen LogP contribution in [-0.4, -0.2) is 49.3 Å². The van der Waals surface area contributed by atoms with Crippen molar-refractivity contribution >= 4 is 33.2 Å². The second kappa shape index (κ2) is 6.12. The highest BCUT2D eigenvalue weighted by Crippen LogP contribution is 2.29. The zero-order valence-electron chi connectivity index (χ0n) is 13.6. The number of sulfonamides is 1. The van der Waals surface area contributed by atoms with Gasteiger partial charge in [0.25, 0.3) is 5.91 Å². The summed E-state index contributed by atoms with van der Waals surface area (Å²) in [7, 11) is -3.67. The second-order valence-corrected chi connectivity index (χ2v) is 9.46. The van der Waals surface area contributed by atoms with Gasteiger partial charge in [-0.15, -0.1) is 11.3 Å². The largest absolute Gasteiger partial charge is 0.458 e. The number of cyclic esters (lactones) is 1. The molecule has 1 atom stereocenters. The average Bonchev–Trinajstić information content (AvgIpc) is 3.19. The minimum absolute atomic E-state index is 0.0116. The van der Waals surface area contributed by atoms with Crippen molar-refractivity contribution in [2.75, 3.05) is 13.1 Å². The number of carbonyl (C=O) groups is 2. The Morgan fingerprint density at radius 2 is 2.04 bits per heavy atom. The van der Waals surface area contributed by atoms with E-state index in [0.29, 0.717) is 19.5 Å². The van der Waals surface area contributed by atoms with Gasteiger partial charge in [-0.1, -0.05) is 0 Å². The summed E-state index contributed by atoms with van der Waals surface area (Å²) in [5.41, 5.74) is -0.630. The molecule has 1 amide bonds. The third-order valence-electron chi connectivity index (χ3n) is 4.18. The molecule has 2 aliphatic heterocycles. The summed E-state index contributed by atoms with van der Waals surface area (Å²) in [4.78, 5) is 24.5. The van der Waals surface area contributed by atoms with Gasteiger partial charge in [0.1, 0.15) is 21.4 Å². The third kappa shape index (κ3) is 3.20. The first-order valence-electron chi connectivity index (χ1n) is 7.82. The van der Waals surface area contributed by atoms with Crippen LogP contribution in [0.25, 0.3) is 0 Å². The fourth-order valence-corrected chi connectivity index (χ4v) is 5.85. The molecule has 0 aromatic carbocycles. The molecular formula is C15H20N2O5S2. The molecule has 7 nitrogen and oxygen atoms in total. The molecule has 2 saturated heterocycles. The molecule has 24 heavy (non-hydrogen) atoms. The highest BCUT2D eigenvalue weighted by atomic mass is 32.2. The SMILES string of the molecule is CC1(C)C[C@@H](NC(=O)c2sccc2S(=O)(=O)N2CCCC2)C(=O)O1. The Kier molecular flexibility index (Phi) is 4.43. The van der Waals surface area contributed by atoms with Crippen LogP contribution in [0.4, 0.5) is 0 Å². The summed E-state index contributed by atoms with van der Waals surface area (Å²) < 4.78 is 32.0. The topological polar surface area (TPSA) is 92.8 Å². The minimum Gasteiger partial charge on any atom is -0.458 e. The number of hydrogen-bond acceptors (Lipinski definition) is 6. The molecule has 2 fully saturated rings. The lowest BCUT2D eigenvalue weighted by molar-refractivity contribution is -0.147. The van der Waals surface area contributed by atoms with Crippen molar-refractivity contribution in [2.24, 2.45) is 0 Å². The molecule has 1 aromatic heterocycles. The quantitative estimate of drug-likeness (QED) is 0.806. The van der Waals surface area contributed by atoms with E-state index in [1.54, 1.807) is 19.2 Å². The summed E-state index contributed by atoms with van der Waals surface area (Å²) in [6.45, 7) is 4.49. The molecule has 0 bridgehead atoms. The predicted octanol–water partition coefficient (Wildman–Crippen LogP) is 1.36. The first-order valence-corrected chi connectivity index (χ1v) is 10.1. The summed E-state index contributed by atoms with van der Waals surface area (Å²) in [5.74, 6) is -1.05. The predicted molar refractivity (Wildman–Crippen MR) is 88.4 cm³/mol. The van der Waals surface area contributed by atoms with Gasteiger partial charge in [-0.2, -0.15) is 4.31 Å². The Balaban J connectivity index is 1.80. The fraction of sp³-hybridized carbons (Fsp3) is 0.600. The van der Waals surface area contributed by atoms with Crippen molar-refractivity contribution in [3.05, 3.63) is 16.3 Å². The van der Waals surface area contributed by atoms with E-state index in [9.17, 15) is 18.0 Å². The number of esters is 1. The Hall–Kier alpha value is -1.45. The van der Waals surface area contributed by atoms with E-state index < -0.39 is 33.5 Å². The number of hydrogen-bond donors (Lipinski definition) is 1. The van der Waals surface area contributed by atoms with Crippen molar-refractivity contribution in [2.45, 2.75) is 49.6 Å². The van der Waals surface area contributed by atoms with Crippen molar-refractivity contribution < 1.29 is 22.7 Å². The molecule has 0 radical (unpaired) electrons. The number of carbonyl (C=O) groups excluding carboxylic acids is 2. The highest BCUT2D eigenvalue weighted by Gasteiger charge is 2.41. The first-order chi connectivity index (χ1) is 11.2. The molecule has 1 aromatic rings. The number of thiophene rings is 1. The zero-order valence-corrected chi connectivity index (χ0v) is 15.2. The van der Waals surface area contributed by atoms with Gasteiger partial charge in [-0.3, -0.25) is 4.79 Å². The van der Waals surface area contributed by atoms with Gasteiger partial charge in [-0.25, -0.2) is 13.2 Å². The number of ether oxygens (including phenoxy) is 1. The van der Waals surface area contributed by atoms with Crippen molar-refractivity contribution in [3.8, 4) is 0 Å². The maximum absolute atomic E-state index is 12.7. The minimum atomic E-state index is -3.67. The van der Waals surface area contributed by atoms with E-state index in [1.807, 2.05) is 0 Å². The van der Waals surface area contributed by atoms with Crippen LogP contribution in [-0.2, 0) is 19.6 Å². The molecule has 0 spiro atoms. The monoisotopic (exact) mass is 372 g/mol. The standard InChI is InChI=1S/C15H20N2O5S2/c1-15(2)9-10(14(19)22-15)16-13(18)12-11(5-8-23-12)24(20,21)17-6-3-4-7-17/h5,8,10H,3-4,6-7,9H2,1-2H3,(H,16,18)/t10-/m1/s1. The Morgan fingerprint density at radius 3 is 2.62 bits per heavy atom. The third-order valence-corrected chi connectivity index (χ3v) is 7.16. The van der Waals surface area contributed by atoms with Gasteiger partial charge >= 0.3 is 5.97 Å². The van der Waals surface area contributed by atoms with E-state index in [1.165, 1.54) is 10.4 Å². The number of rotatable bonds is 4. The normalized spacial score (nSPS) is 24.1. The zero-order chi connectivity index (χ0) is 17.5. The molecule has 0 aliphatic carbocycles. The lowest BCUT2D eigenvalue weighted by Gasteiger charge is -2.16. The maximum atomic E-state index is 12.7. The Labute approximate surface area is 145 Å². The van der Waals surface area contributed by atoms with Gasteiger partial charge in [0, 0.05) is 19.5 Å². The van der Waals surface area contributed by atoms with Gasteiger partial charge in [0.05, 0.1) is 0 Å². The van der Waals surface area contributed by atoms with Crippen molar-refractivity contribution in [1.29, 1.82) is 0 Å². The lowest BCUT2D eigenvalue weighted by atomic mass is 10.0. The smallest absolute Gasteiger partial charge is 0.329 e. The molecule has 0 unspecified atom stereocenters. The molecule has 2 aliphatic rings. The fourth-order valence-electron chi connectivity index (χ4n) is 3.03. The summed E-state index contributed by atoms with van der Waals surface area (Å²) >= 11 is 1.06.